The predicted octanol–water partition coefficient (Wildman–Crippen LogP) is 4.99. The first-order chi connectivity index (χ1) is 13.7. The van der Waals surface area contributed by atoms with Crippen LogP contribution in [0, 0.1) is 24.4 Å². The molecule has 0 spiro atoms. The highest BCUT2D eigenvalue weighted by molar-refractivity contribution is 7.59. The van der Waals surface area contributed by atoms with Crippen molar-refractivity contribution in [2.75, 3.05) is 22.6 Å². The highest BCUT2D eigenvalue weighted by Gasteiger charge is 2.33. The van der Waals surface area contributed by atoms with Crippen LogP contribution in [0.4, 0.5) is 30.4 Å². The Hall–Kier alpha value is -2.62. The Kier molecular flexibility index (Phi) is 8.85. The number of aromatic nitrogens is 1. The maximum Gasteiger partial charge on any atom is 0.246 e. The van der Waals surface area contributed by atoms with Gasteiger partial charge in [-0.1, -0.05) is 14.9 Å². The number of hydrogen-bond donors (Lipinski definition) is 2. The number of ether oxygens (including phenoxy) is 1. The van der Waals surface area contributed by atoms with Crippen molar-refractivity contribution in [3.05, 3.63) is 41.3 Å². The van der Waals surface area contributed by atoms with Gasteiger partial charge in [-0.3, -0.25) is 4.79 Å². The summed E-state index contributed by atoms with van der Waals surface area (Å²) in [6.45, 7) is 3.66. The number of amides is 1. The van der Waals surface area contributed by atoms with Crippen LogP contribution in [0.5, 0.6) is 5.75 Å². The first-order valence-electron chi connectivity index (χ1n) is 9.36. The number of rotatable bonds is 4. The highest BCUT2D eigenvalue weighted by atomic mass is 32.1. The maximum absolute atomic E-state index is 13.3. The van der Waals surface area contributed by atoms with Crippen molar-refractivity contribution in [1.82, 2.24) is 4.98 Å². The molecule has 1 aromatic heterocycles. The Bertz CT molecular complexity index is 963. The summed E-state index contributed by atoms with van der Waals surface area (Å²) in [5, 5.41) is 6.21. The number of carbonyl (C=O) groups excluding carboxylic acids is 1. The molecule has 2 aliphatic rings. The first-order valence-corrected chi connectivity index (χ1v) is 9.36. The molecule has 1 atom stereocenters. The van der Waals surface area contributed by atoms with Gasteiger partial charge >= 0.3 is 0 Å². The van der Waals surface area contributed by atoms with Crippen molar-refractivity contribution in [2.45, 2.75) is 59.7 Å². The molecule has 0 unspecified atom stereocenters. The van der Waals surface area contributed by atoms with Crippen molar-refractivity contribution in [3.63, 3.8) is 0 Å². The number of halogens is 3. The molecule has 1 amide bonds. The van der Waals surface area contributed by atoms with Gasteiger partial charge in [0.05, 0.1) is 17.1 Å². The molecule has 1 aliphatic heterocycles. The predicted molar refractivity (Wildman–Crippen MR) is 127 cm³/mol. The number of anilines is 3. The average Bonchev–Trinajstić information content (AvgIpc) is 2.63. The highest BCUT2D eigenvalue weighted by Crippen LogP contribution is 2.36. The Morgan fingerprint density at radius 2 is 1.75 bits per heavy atom. The molecular formula is C22H31F3N4O2S. The standard InChI is InChI=1S/C20H21F3N4O2.2CH4.H2S/c1-9-19-16(27(3)10(2)20(28)26-19)8-17(24-9)25-11-4-12(5-11)29-13-6-14(21)18(23)15(22)7-13;;;/h6-8,10-12H,4-5H2,1-3H3,(H,24,25)(H,26,28);2*1H4;1H2/t10-,11?,12?;;;/m0.../s1. The molecule has 10 heteroatoms. The molecule has 4 rings (SSSR count). The number of fused-ring (bicyclic) bond motifs is 1. The largest absolute Gasteiger partial charge is 0.490 e. The van der Waals surface area contributed by atoms with Gasteiger partial charge in [0, 0.05) is 44.1 Å². The smallest absolute Gasteiger partial charge is 0.246 e. The number of hydrogen-bond acceptors (Lipinski definition) is 5. The normalized spacial score (nSPS) is 21.0. The van der Waals surface area contributed by atoms with Crippen LogP contribution < -0.4 is 20.3 Å². The van der Waals surface area contributed by atoms with Crippen LogP contribution in [0.3, 0.4) is 0 Å². The maximum atomic E-state index is 13.3. The molecule has 1 fully saturated rings. The zero-order chi connectivity index (χ0) is 20.9. The van der Waals surface area contributed by atoms with E-state index in [-0.39, 0.29) is 58.2 Å². The zero-order valence-electron chi connectivity index (χ0n) is 16.7. The molecule has 1 aliphatic carbocycles. The minimum absolute atomic E-state index is 0. The molecule has 2 aromatic rings. The lowest BCUT2D eigenvalue weighted by Crippen LogP contribution is -2.45. The number of aryl methyl sites for hydroxylation is 1. The molecule has 0 radical (unpaired) electrons. The van der Waals surface area contributed by atoms with Gasteiger partial charge in [-0.25, -0.2) is 18.2 Å². The van der Waals surface area contributed by atoms with Gasteiger partial charge in [0.2, 0.25) is 5.91 Å². The Morgan fingerprint density at radius 3 is 2.34 bits per heavy atom. The molecular weight excluding hydrogens is 441 g/mol. The van der Waals surface area contributed by atoms with Gasteiger partial charge in [-0.15, -0.1) is 0 Å². The second kappa shape index (κ2) is 10.3. The van der Waals surface area contributed by atoms with Gasteiger partial charge in [0.1, 0.15) is 23.7 Å². The second-order valence-corrected chi connectivity index (χ2v) is 7.52. The van der Waals surface area contributed by atoms with Crippen LogP contribution in [0.25, 0.3) is 0 Å². The fraction of sp³-hybridized carbons (Fsp3) is 0.455. The molecule has 2 N–H and O–H groups in total. The number of likely N-dealkylation sites (N-methyl/N-ethyl adjacent to an activating group) is 1. The number of nitrogens with one attached hydrogen (secondary N) is 2. The molecule has 1 saturated carbocycles. The van der Waals surface area contributed by atoms with Crippen LogP contribution >= 0.6 is 13.5 Å². The summed E-state index contributed by atoms with van der Waals surface area (Å²) in [7, 11) is 1.86. The molecule has 0 saturated heterocycles. The molecule has 2 heterocycles. The van der Waals surface area contributed by atoms with E-state index >= 15 is 0 Å². The number of pyridine rings is 1. The van der Waals surface area contributed by atoms with Crippen molar-refractivity contribution in [1.29, 1.82) is 0 Å². The van der Waals surface area contributed by atoms with Crippen LogP contribution in [0.15, 0.2) is 18.2 Å². The van der Waals surface area contributed by atoms with E-state index in [0.717, 1.165) is 17.8 Å². The molecule has 32 heavy (non-hydrogen) atoms. The van der Waals surface area contributed by atoms with Gasteiger partial charge in [0.25, 0.3) is 0 Å². The van der Waals surface area contributed by atoms with Crippen LogP contribution in [0.2, 0.25) is 0 Å². The van der Waals surface area contributed by atoms with Gasteiger partial charge in [0.15, 0.2) is 17.5 Å². The van der Waals surface area contributed by atoms with Gasteiger partial charge < -0.3 is 20.3 Å². The lowest BCUT2D eigenvalue weighted by Gasteiger charge is -2.37. The van der Waals surface area contributed by atoms with E-state index in [0.29, 0.717) is 30.0 Å². The third kappa shape index (κ3) is 5.06. The summed E-state index contributed by atoms with van der Waals surface area (Å²) >= 11 is 0. The van der Waals surface area contributed by atoms with E-state index in [9.17, 15) is 18.0 Å². The first kappa shape index (κ1) is 27.4. The average molecular weight is 473 g/mol. The Balaban J connectivity index is 0.00000171. The van der Waals surface area contributed by atoms with E-state index < -0.39 is 17.5 Å². The van der Waals surface area contributed by atoms with Crippen LogP contribution in [-0.2, 0) is 4.79 Å². The summed E-state index contributed by atoms with van der Waals surface area (Å²) in [5.74, 6) is -3.47. The van der Waals surface area contributed by atoms with Crippen LogP contribution in [-0.4, -0.2) is 36.1 Å². The van der Waals surface area contributed by atoms with Crippen molar-refractivity contribution in [3.8, 4) is 5.75 Å². The lowest BCUT2D eigenvalue weighted by molar-refractivity contribution is -0.117. The third-order valence-corrected chi connectivity index (χ3v) is 5.48. The topological polar surface area (TPSA) is 66.5 Å². The van der Waals surface area contributed by atoms with E-state index in [2.05, 4.69) is 15.6 Å². The molecule has 0 bridgehead atoms. The van der Waals surface area contributed by atoms with E-state index in [4.69, 9.17) is 4.74 Å². The third-order valence-electron chi connectivity index (χ3n) is 5.48. The van der Waals surface area contributed by atoms with E-state index in [1.54, 1.807) is 0 Å². The summed E-state index contributed by atoms with van der Waals surface area (Å²) < 4.78 is 45.1. The zero-order valence-corrected chi connectivity index (χ0v) is 17.7. The summed E-state index contributed by atoms with van der Waals surface area (Å²) in [6, 6.07) is 3.38. The van der Waals surface area contributed by atoms with E-state index in [1.807, 2.05) is 31.9 Å². The lowest BCUT2D eigenvalue weighted by atomic mass is 9.89. The van der Waals surface area contributed by atoms with Gasteiger partial charge in [-0.2, -0.15) is 13.5 Å². The summed E-state index contributed by atoms with van der Waals surface area (Å²) in [4.78, 5) is 18.4. The Labute approximate surface area is 194 Å². The summed E-state index contributed by atoms with van der Waals surface area (Å²) in [5.41, 5.74) is 2.30. The molecule has 178 valence electrons. The molecule has 6 nitrogen and oxygen atoms in total. The summed E-state index contributed by atoms with van der Waals surface area (Å²) in [6.07, 6.45) is 1.00. The molecule has 1 aromatic carbocycles. The fourth-order valence-electron chi connectivity index (χ4n) is 3.56. The minimum atomic E-state index is -1.50. The van der Waals surface area contributed by atoms with Crippen molar-refractivity contribution >= 4 is 36.6 Å². The second-order valence-electron chi connectivity index (χ2n) is 7.52. The monoisotopic (exact) mass is 472 g/mol. The SMILES string of the molecule is C.C.Cc1nc(NC2CC(Oc3cc(F)c(F)c(F)c3)C2)cc2c1NC(=O)[C@H](C)N2C.S. The van der Waals surface area contributed by atoms with Gasteiger partial charge in [-0.05, 0) is 13.8 Å². The quantitative estimate of drug-likeness (QED) is 0.614. The number of carbonyl (C=O) groups is 1. The Morgan fingerprint density at radius 1 is 1.16 bits per heavy atom. The minimum Gasteiger partial charge on any atom is -0.490 e. The number of nitrogens with zero attached hydrogens (tertiary/aromatic N) is 2. The van der Waals surface area contributed by atoms with Crippen molar-refractivity contribution < 1.29 is 22.7 Å². The number of benzene rings is 1. The van der Waals surface area contributed by atoms with E-state index in [1.165, 1.54) is 0 Å². The fourth-order valence-corrected chi connectivity index (χ4v) is 3.56. The van der Waals surface area contributed by atoms with Crippen molar-refractivity contribution in [2.24, 2.45) is 0 Å². The van der Waals surface area contributed by atoms with Crippen LogP contribution in [0.1, 0.15) is 40.3 Å².